The van der Waals surface area contributed by atoms with Crippen molar-refractivity contribution in [3.63, 3.8) is 0 Å². The Labute approximate surface area is 159 Å². The van der Waals surface area contributed by atoms with Gasteiger partial charge >= 0.3 is 6.18 Å². The fourth-order valence-corrected chi connectivity index (χ4v) is 3.73. The Morgan fingerprint density at radius 1 is 1.11 bits per heavy atom. The van der Waals surface area contributed by atoms with Crippen molar-refractivity contribution < 1.29 is 22.7 Å². The Morgan fingerprint density at radius 2 is 1.86 bits per heavy atom. The van der Waals surface area contributed by atoms with Gasteiger partial charge in [-0.1, -0.05) is 24.3 Å². The summed E-state index contributed by atoms with van der Waals surface area (Å²) in [6, 6.07) is 13.9. The lowest BCUT2D eigenvalue weighted by atomic mass is 9.83. The van der Waals surface area contributed by atoms with Gasteiger partial charge in [-0.2, -0.15) is 13.2 Å². The molecule has 0 saturated heterocycles. The number of fused-ring (bicyclic) bond motifs is 1. The Kier molecular flexibility index (Phi) is 4.25. The van der Waals surface area contributed by atoms with Crippen LogP contribution in [0.4, 0.5) is 13.2 Å². The Morgan fingerprint density at radius 3 is 2.54 bits per heavy atom. The number of alkyl halides is 3. The molecule has 3 aromatic rings. The van der Waals surface area contributed by atoms with Gasteiger partial charge in [0.15, 0.2) is 6.61 Å². The molecular formula is C21H17F3N2O2. The number of carbonyl (C=O) groups excluding carboxylic acids is 1. The van der Waals surface area contributed by atoms with E-state index in [9.17, 15) is 18.0 Å². The van der Waals surface area contributed by atoms with Crippen LogP contribution in [0.5, 0.6) is 5.75 Å². The van der Waals surface area contributed by atoms with E-state index in [-0.39, 0.29) is 5.75 Å². The molecule has 144 valence electrons. The van der Waals surface area contributed by atoms with Gasteiger partial charge < -0.3 is 10.5 Å². The van der Waals surface area contributed by atoms with E-state index in [1.165, 1.54) is 6.07 Å². The van der Waals surface area contributed by atoms with Crippen molar-refractivity contribution in [2.24, 2.45) is 5.73 Å². The molecule has 1 aliphatic rings. The summed E-state index contributed by atoms with van der Waals surface area (Å²) in [5, 5.41) is 0.818. The number of hydrogen-bond acceptors (Lipinski definition) is 3. The number of pyridine rings is 1. The molecule has 4 rings (SSSR count). The molecule has 0 aliphatic heterocycles. The summed E-state index contributed by atoms with van der Waals surface area (Å²) in [5.74, 6) is -0.435. The first-order valence-electron chi connectivity index (χ1n) is 8.78. The topological polar surface area (TPSA) is 65.2 Å². The summed E-state index contributed by atoms with van der Waals surface area (Å²) in [7, 11) is 0. The molecule has 0 radical (unpaired) electrons. The number of nitrogens with two attached hydrogens (primary N) is 1. The van der Waals surface area contributed by atoms with Crippen LogP contribution in [-0.4, -0.2) is 23.7 Å². The van der Waals surface area contributed by atoms with Crippen LogP contribution in [-0.2, 0) is 5.41 Å². The molecule has 2 aromatic carbocycles. The van der Waals surface area contributed by atoms with Gasteiger partial charge in [0.25, 0.3) is 0 Å². The van der Waals surface area contributed by atoms with Crippen LogP contribution < -0.4 is 10.5 Å². The van der Waals surface area contributed by atoms with Gasteiger partial charge in [0.2, 0.25) is 5.91 Å². The van der Waals surface area contributed by atoms with E-state index < -0.39 is 24.1 Å². The number of halogens is 3. The van der Waals surface area contributed by atoms with Gasteiger partial charge in [-0.05, 0) is 42.2 Å². The monoisotopic (exact) mass is 386 g/mol. The predicted molar refractivity (Wildman–Crippen MR) is 98.3 cm³/mol. The second-order valence-corrected chi connectivity index (χ2v) is 6.94. The van der Waals surface area contributed by atoms with Gasteiger partial charge in [0.05, 0.1) is 5.52 Å². The molecule has 1 aromatic heterocycles. The number of aromatic nitrogens is 1. The lowest BCUT2D eigenvalue weighted by molar-refractivity contribution is -0.153. The Hall–Kier alpha value is -3.09. The highest BCUT2D eigenvalue weighted by molar-refractivity contribution is 5.96. The molecule has 1 saturated carbocycles. The molecule has 0 bridgehead atoms. The van der Waals surface area contributed by atoms with E-state index in [1.54, 1.807) is 30.5 Å². The number of rotatable bonds is 5. The van der Waals surface area contributed by atoms with Crippen molar-refractivity contribution in [3.8, 4) is 5.75 Å². The first-order valence-corrected chi connectivity index (χ1v) is 8.78. The summed E-state index contributed by atoms with van der Waals surface area (Å²) in [5.41, 5.74) is 7.59. The minimum absolute atomic E-state index is 0.0985. The lowest BCUT2D eigenvalue weighted by Gasteiger charge is -2.22. The molecule has 1 amide bonds. The normalized spacial score (nSPS) is 15.4. The van der Waals surface area contributed by atoms with Crippen LogP contribution in [0.25, 0.3) is 10.9 Å². The van der Waals surface area contributed by atoms with E-state index in [4.69, 9.17) is 10.5 Å². The number of amides is 1. The average Bonchev–Trinajstić information content (AvgIpc) is 3.47. The highest BCUT2D eigenvalue weighted by Crippen LogP contribution is 2.56. The molecule has 7 heteroatoms. The highest BCUT2D eigenvalue weighted by atomic mass is 19.4. The van der Waals surface area contributed by atoms with Gasteiger partial charge in [-0.3, -0.25) is 9.78 Å². The molecule has 0 atom stereocenters. The van der Waals surface area contributed by atoms with Crippen LogP contribution in [0.1, 0.15) is 34.3 Å². The zero-order valence-corrected chi connectivity index (χ0v) is 14.8. The predicted octanol–water partition coefficient (Wildman–Crippen LogP) is 4.35. The Balaban J connectivity index is 1.87. The summed E-state index contributed by atoms with van der Waals surface area (Å²) < 4.78 is 42.8. The maximum Gasteiger partial charge on any atom is 0.422 e. The maximum atomic E-state index is 12.6. The third kappa shape index (κ3) is 3.28. The van der Waals surface area contributed by atoms with E-state index in [2.05, 4.69) is 4.98 Å². The van der Waals surface area contributed by atoms with Crippen LogP contribution in [0, 0.1) is 0 Å². The summed E-state index contributed by atoms with van der Waals surface area (Å²) in [6.45, 7) is -1.38. The zero-order valence-electron chi connectivity index (χ0n) is 14.8. The van der Waals surface area contributed by atoms with Gasteiger partial charge in [0, 0.05) is 28.6 Å². The highest BCUT2D eigenvalue weighted by Gasteiger charge is 2.48. The lowest BCUT2D eigenvalue weighted by Crippen LogP contribution is -2.21. The molecule has 1 heterocycles. The SMILES string of the molecule is NC(=O)c1ccccc1C1(c2cc(OCC(F)(F)F)cc3ncccc23)CC1. The van der Waals surface area contributed by atoms with Crippen molar-refractivity contribution in [1.29, 1.82) is 0 Å². The van der Waals surface area contributed by atoms with Crippen molar-refractivity contribution in [2.45, 2.75) is 24.4 Å². The summed E-state index contributed by atoms with van der Waals surface area (Å²) in [4.78, 5) is 16.2. The molecule has 1 fully saturated rings. The van der Waals surface area contributed by atoms with Crippen LogP contribution >= 0.6 is 0 Å². The zero-order chi connectivity index (χ0) is 19.9. The first kappa shape index (κ1) is 18.3. The minimum atomic E-state index is -4.44. The third-order valence-electron chi connectivity index (χ3n) is 5.07. The quantitative estimate of drug-likeness (QED) is 0.709. The number of hydrogen-bond donors (Lipinski definition) is 1. The van der Waals surface area contributed by atoms with Gasteiger partial charge in [-0.15, -0.1) is 0 Å². The van der Waals surface area contributed by atoms with Gasteiger partial charge in [-0.25, -0.2) is 0 Å². The second-order valence-electron chi connectivity index (χ2n) is 6.94. The first-order chi connectivity index (χ1) is 13.3. The van der Waals surface area contributed by atoms with Crippen molar-refractivity contribution in [3.05, 3.63) is 71.4 Å². The van der Waals surface area contributed by atoms with E-state index in [0.29, 0.717) is 11.1 Å². The van der Waals surface area contributed by atoms with Gasteiger partial charge in [0.1, 0.15) is 5.75 Å². The minimum Gasteiger partial charge on any atom is -0.484 e. The molecule has 2 N–H and O–H groups in total. The number of benzene rings is 2. The smallest absolute Gasteiger partial charge is 0.422 e. The fourth-order valence-electron chi connectivity index (χ4n) is 3.73. The third-order valence-corrected chi connectivity index (χ3v) is 5.07. The number of primary amides is 1. The van der Waals surface area contributed by atoms with E-state index in [0.717, 1.165) is 29.4 Å². The number of carbonyl (C=O) groups is 1. The van der Waals surface area contributed by atoms with E-state index >= 15 is 0 Å². The molecule has 0 unspecified atom stereocenters. The largest absolute Gasteiger partial charge is 0.484 e. The summed E-state index contributed by atoms with van der Waals surface area (Å²) in [6.07, 6.45) is -1.35. The standard InChI is InChI=1S/C21H17F3N2O2/c22-21(23,24)12-28-13-10-17(14-5-3-9-26-18(14)11-13)20(7-8-20)16-6-2-1-4-15(16)19(25)27/h1-6,9-11H,7-8,12H2,(H2,25,27). The van der Waals surface area contributed by atoms with E-state index in [1.807, 2.05) is 18.2 Å². The maximum absolute atomic E-state index is 12.6. The summed E-state index contributed by atoms with van der Waals surface area (Å²) >= 11 is 0. The fraction of sp³-hybridized carbons (Fsp3) is 0.238. The van der Waals surface area contributed by atoms with Crippen molar-refractivity contribution in [2.75, 3.05) is 6.61 Å². The number of ether oxygens (including phenoxy) is 1. The Bertz CT molecular complexity index is 1060. The molecule has 28 heavy (non-hydrogen) atoms. The van der Waals surface area contributed by atoms with Crippen LogP contribution in [0.15, 0.2) is 54.7 Å². The van der Waals surface area contributed by atoms with Crippen molar-refractivity contribution in [1.82, 2.24) is 4.98 Å². The van der Waals surface area contributed by atoms with Crippen LogP contribution in [0.3, 0.4) is 0 Å². The van der Waals surface area contributed by atoms with Crippen molar-refractivity contribution >= 4 is 16.8 Å². The van der Waals surface area contributed by atoms with Crippen LogP contribution in [0.2, 0.25) is 0 Å². The molecule has 0 spiro atoms. The molecule has 1 aliphatic carbocycles. The number of nitrogens with zero attached hydrogens (tertiary/aromatic N) is 1. The second kappa shape index (κ2) is 6.51. The molecular weight excluding hydrogens is 369 g/mol. The molecule has 4 nitrogen and oxygen atoms in total. The average molecular weight is 386 g/mol.